The van der Waals surface area contributed by atoms with E-state index in [4.69, 9.17) is 9.84 Å². The van der Waals surface area contributed by atoms with Gasteiger partial charge in [0.05, 0.1) is 6.61 Å². The minimum absolute atomic E-state index is 0.0247. The van der Waals surface area contributed by atoms with Crippen LogP contribution in [0.4, 0.5) is 0 Å². The maximum atomic E-state index is 12.1. The van der Waals surface area contributed by atoms with Crippen molar-refractivity contribution in [2.24, 2.45) is 0 Å². The average Bonchev–Trinajstić information content (AvgIpc) is 3.27. The zero-order chi connectivity index (χ0) is 44.8. The molecule has 0 aromatic carbocycles. The minimum Gasteiger partial charge on any atom is -0.481 e. The van der Waals surface area contributed by atoms with Crippen LogP contribution in [0.3, 0.4) is 0 Å². The van der Waals surface area contributed by atoms with Gasteiger partial charge < -0.3 is 9.84 Å². The molecule has 0 saturated carbocycles. The Balaban J connectivity index is 3.16. The largest absolute Gasteiger partial charge is 0.481 e. The van der Waals surface area contributed by atoms with Crippen LogP contribution in [0.5, 0.6) is 0 Å². The third kappa shape index (κ3) is 56.7. The minimum atomic E-state index is -0.652. The molecule has 0 radical (unpaired) electrons. The second-order valence-corrected chi connectivity index (χ2v) is 19.8. The van der Waals surface area contributed by atoms with E-state index in [1.165, 1.54) is 295 Å². The lowest BCUT2D eigenvalue weighted by Gasteiger charge is -2.06. The van der Waals surface area contributed by atoms with Crippen molar-refractivity contribution >= 4 is 11.9 Å². The summed E-state index contributed by atoms with van der Waals surface area (Å²) in [5, 5.41) is 8.67. The third-order valence-electron chi connectivity index (χ3n) is 13.4. The van der Waals surface area contributed by atoms with Crippen LogP contribution < -0.4 is 0 Å². The summed E-state index contributed by atoms with van der Waals surface area (Å²) in [6.45, 7) is 2.91. The lowest BCUT2D eigenvalue weighted by Crippen LogP contribution is -2.05. The molecule has 368 valence electrons. The first-order chi connectivity index (χ1) is 30.7. The highest BCUT2D eigenvalue weighted by Crippen LogP contribution is 2.18. The van der Waals surface area contributed by atoms with E-state index >= 15 is 0 Å². The maximum absolute atomic E-state index is 12.1. The number of esters is 1. The predicted octanol–water partition coefficient (Wildman–Crippen LogP) is 20.5. The Bertz CT molecular complexity index is 883. The zero-order valence-electron chi connectivity index (χ0n) is 42.3. The fraction of sp³-hybridized carbons (Fsp3) is 0.931. The van der Waals surface area contributed by atoms with E-state index in [2.05, 4.69) is 19.1 Å². The van der Waals surface area contributed by atoms with Crippen molar-refractivity contribution < 1.29 is 19.4 Å². The van der Waals surface area contributed by atoms with Gasteiger partial charge in [-0.05, 0) is 44.9 Å². The molecule has 0 spiro atoms. The Hall–Kier alpha value is -1.32. The van der Waals surface area contributed by atoms with Crippen LogP contribution >= 0.6 is 0 Å². The van der Waals surface area contributed by atoms with Crippen LogP contribution in [0.2, 0.25) is 0 Å². The van der Waals surface area contributed by atoms with Crippen LogP contribution in [0, 0.1) is 0 Å². The van der Waals surface area contributed by atoms with E-state index in [9.17, 15) is 9.59 Å². The van der Waals surface area contributed by atoms with Gasteiger partial charge in [-0.25, -0.2) is 0 Å². The van der Waals surface area contributed by atoms with Crippen LogP contribution in [0.25, 0.3) is 0 Å². The summed E-state index contributed by atoms with van der Waals surface area (Å²) in [4.78, 5) is 22.6. The highest BCUT2D eigenvalue weighted by molar-refractivity contribution is 5.69. The SMILES string of the molecule is CCCCCCCCC=CCCCCCCCCCCCCCC(=O)OCCCCCCCCCCCCCCCCCCCCCCCCCCCCCCCCCC(=O)O. The number of ether oxygens (including phenoxy) is 1. The summed E-state index contributed by atoms with van der Waals surface area (Å²) in [5.74, 6) is -0.627. The molecule has 1 N–H and O–H groups in total. The topological polar surface area (TPSA) is 63.6 Å². The Morgan fingerprint density at radius 2 is 0.532 bits per heavy atom. The van der Waals surface area contributed by atoms with Gasteiger partial charge in [-0.15, -0.1) is 0 Å². The van der Waals surface area contributed by atoms with E-state index < -0.39 is 5.97 Å². The standard InChI is InChI=1S/C58H112O4/c1-2-3-4-5-6-7-8-9-10-11-12-24-28-31-34-37-40-43-46-49-52-55-58(61)62-56-53-50-47-44-41-38-35-32-29-26-23-21-19-17-15-13-14-16-18-20-22-25-27-30-33-36-39-42-45-48-51-54-57(59)60/h9-10H,2-8,11-56H2,1H3,(H,59,60). The highest BCUT2D eigenvalue weighted by Gasteiger charge is 2.03. The highest BCUT2D eigenvalue weighted by atomic mass is 16.5. The molecular formula is C58H112O4. The molecule has 4 heteroatoms. The van der Waals surface area contributed by atoms with Gasteiger partial charge in [-0.1, -0.05) is 295 Å². The number of carbonyl (C=O) groups excluding carboxylic acids is 1. The Kier molecular flexibility index (Phi) is 54.6. The first-order valence-corrected chi connectivity index (χ1v) is 28.7. The van der Waals surface area contributed by atoms with E-state index in [1.54, 1.807) is 0 Å². The molecule has 0 amide bonds. The summed E-state index contributed by atoms with van der Waals surface area (Å²) in [5.41, 5.74) is 0. The summed E-state index contributed by atoms with van der Waals surface area (Å²) in [7, 11) is 0. The van der Waals surface area contributed by atoms with Gasteiger partial charge in [0, 0.05) is 12.8 Å². The number of aliphatic carboxylic acids is 1. The van der Waals surface area contributed by atoms with Crippen molar-refractivity contribution in [2.75, 3.05) is 6.61 Å². The molecule has 0 unspecified atom stereocenters. The number of unbranched alkanes of at least 4 members (excludes halogenated alkanes) is 47. The van der Waals surface area contributed by atoms with Crippen LogP contribution in [0.15, 0.2) is 12.2 Å². The van der Waals surface area contributed by atoms with Gasteiger partial charge in [-0.3, -0.25) is 9.59 Å². The number of allylic oxidation sites excluding steroid dienone is 2. The molecule has 0 aliphatic rings. The molecule has 0 bridgehead atoms. The number of carboxylic acids is 1. The molecule has 0 aromatic rings. The van der Waals surface area contributed by atoms with Crippen molar-refractivity contribution in [3.63, 3.8) is 0 Å². The molecule has 0 rings (SSSR count). The van der Waals surface area contributed by atoms with Crippen molar-refractivity contribution in [2.45, 2.75) is 341 Å². The first kappa shape index (κ1) is 60.7. The number of carbonyl (C=O) groups is 2. The summed E-state index contributed by atoms with van der Waals surface area (Å²) < 4.78 is 5.51. The van der Waals surface area contributed by atoms with E-state index in [0.29, 0.717) is 19.4 Å². The molecule has 0 aliphatic heterocycles. The van der Waals surface area contributed by atoms with Crippen molar-refractivity contribution in [1.29, 1.82) is 0 Å². The summed E-state index contributed by atoms with van der Waals surface area (Å²) in [6, 6.07) is 0. The number of carboxylic acid groups (broad SMARTS) is 1. The monoisotopic (exact) mass is 873 g/mol. The lowest BCUT2D eigenvalue weighted by molar-refractivity contribution is -0.144. The molecule has 0 heterocycles. The predicted molar refractivity (Wildman–Crippen MR) is 273 cm³/mol. The summed E-state index contributed by atoms with van der Waals surface area (Å²) >= 11 is 0. The smallest absolute Gasteiger partial charge is 0.305 e. The van der Waals surface area contributed by atoms with E-state index in [0.717, 1.165) is 25.7 Å². The average molecular weight is 874 g/mol. The Labute approximate surface area is 389 Å². The van der Waals surface area contributed by atoms with Crippen LogP contribution in [0.1, 0.15) is 341 Å². The van der Waals surface area contributed by atoms with Crippen LogP contribution in [-0.2, 0) is 14.3 Å². The van der Waals surface area contributed by atoms with Gasteiger partial charge >= 0.3 is 11.9 Å². The number of hydrogen-bond donors (Lipinski definition) is 1. The van der Waals surface area contributed by atoms with Gasteiger partial charge in [0.2, 0.25) is 0 Å². The van der Waals surface area contributed by atoms with Crippen LogP contribution in [-0.4, -0.2) is 23.7 Å². The second-order valence-electron chi connectivity index (χ2n) is 19.8. The van der Waals surface area contributed by atoms with Gasteiger partial charge in [0.25, 0.3) is 0 Å². The third-order valence-corrected chi connectivity index (χ3v) is 13.4. The molecule has 4 nitrogen and oxygen atoms in total. The number of hydrogen-bond acceptors (Lipinski definition) is 3. The van der Waals surface area contributed by atoms with E-state index in [1.807, 2.05) is 0 Å². The van der Waals surface area contributed by atoms with Crippen molar-refractivity contribution in [3.05, 3.63) is 12.2 Å². The zero-order valence-corrected chi connectivity index (χ0v) is 42.3. The Morgan fingerprint density at radius 1 is 0.306 bits per heavy atom. The van der Waals surface area contributed by atoms with E-state index in [-0.39, 0.29) is 5.97 Å². The molecule has 0 saturated heterocycles. The first-order valence-electron chi connectivity index (χ1n) is 28.7. The maximum Gasteiger partial charge on any atom is 0.305 e. The Morgan fingerprint density at radius 3 is 0.806 bits per heavy atom. The van der Waals surface area contributed by atoms with Gasteiger partial charge in [-0.2, -0.15) is 0 Å². The summed E-state index contributed by atoms with van der Waals surface area (Å²) in [6.07, 6.45) is 73.3. The molecule has 0 aromatic heterocycles. The van der Waals surface area contributed by atoms with Gasteiger partial charge in [0.1, 0.15) is 0 Å². The van der Waals surface area contributed by atoms with Crippen molar-refractivity contribution in [3.8, 4) is 0 Å². The second kappa shape index (κ2) is 55.8. The lowest BCUT2D eigenvalue weighted by atomic mass is 10.0. The normalized spacial score (nSPS) is 11.6. The molecule has 0 aliphatic carbocycles. The molecule has 0 fully saturated rings. The molecular weight excluding hydrogens is 761 g/mol. The quantitative estimate of drug-likeness (QED) is 0.0376. The van der Waals surface area contributed by atoms with Gasteiger partial charge in [0.15, 0.2) is 0 Å². The van der Waals surface area contributed by atoms with Crippen molar-refractivity contribution in [1.82, 2.24) is 0 Å². The molecule has 0 atom stereocenters. The molecule has 62 heavy (non-hydrogen) atoms. The fourth-order valence-electron chi connectivity index (χ4n) is 9.16. The number of rotatable bonds is 55. The fourth-order valence-corrected chi connectivity index (χ4v) is 9.16.